The number of nitrogens with two attached hydrogens (primary N) is 1. The number of rotatable bonds is 4. The number of furan rings is 1. The van der Waals surface area contributed by atoms with Crippen LogP contribution >= 0.6 is 0 Å². The SMILES string of the molecule is CCn1nc(C)c(N)c1NCc1ccoc1. The van der Waals surface area contributed by atoms with Gasteiger partial charge in [0.25, 0.3) is 0 Å². The molecule has 2 aromatic heterocycles. The molecule has 5 heteroatoms. The number of hydrogen-bond acceptors (Lipinski definition) is 4. The predicted molar refractivity (Wildman–Crippen MR) is 63.1 cm³/mol. The molecule has 0 aliphatic heterocycles. The van der Waals surface area contributed by atoms with Gasteiger partial charge in [-0.05, 0) is 19.9 Å². The fourth-order valence-electron chi connectivity index (χ4n) is 1.59. The van der Waals surface area contributed by atoms with Crippen LogP contribution in [0.5, 0.6) is 0 Å². The maximum Gasteiger partial charge on any atom is 0.148 e. The highest BCUT2D eigenvalue weighted by atomic mass is 16.3. The lowest BCUT2D eigenvalue weighted by atomic mass is 10.3. The third-order valence-electron chi connectivity index (χ3n) is 2.51. The van der Waals surface area contributed by atoms with E-state index in [-0.39, 0.29) is 0 Å². The van der Waals surface area contributed by atoms with E-state index in [0.717, 1.165) is 23.6 Å². The van der Waals surface area contributed by atoms with Gasteiger partial charge >= 0.3 is 0 Å². The van der Waals surface area contributed by atoms with Crippen molar-refractivity contribution in [2.45, 2.75) is 26.9 Å². The van der Waals surface area contributed by atoms with Crippen LogP contribution in [0.4, 0.5) is 11.5 Å². The molecule has 0 aliphatic carbocycles. The average Bonchev–Trinajstić information content (AvgIpc) is 2.87. The molecule has 0 bridgehead atoms. The van der Waals surface area contributed by atoms with E-state index in [2.05, 4.69) is 10.4 Å². The Hall–Kier alpha value is -1.91. The molecular weight excluding hydrogens is 204 g/mol. The highest BCUT2D eigenvalue weighted by molar-refractivity contribution is 5.64. The zero-order valence-corrected chi connectivity index (χ0v) is 9.53. The molecule has 0 aliphatic rings. The Kier molecular flexibility index (Phi) is 2.85. The molecule has 0 radical (unpaired) electrons. The summed E-state index contributed by atoms with van der Waals surface area (Å²) in [5, 5.41) is 7.61. The van der Waals surface area contributed by atoms with Crippen LogP contribution in [0.15, 0.2) is 23.0 Å². The number of nitrogens with one attached hydrogen (secondary N) is 1. The molecular formula is C11H16N4O. The first kappa shape index (κ1) is 10.6. The van der Waals surface area contributed by atoms with Crippen molar-refractivity contribution in [2.24, 2.45) is 0 Å². The first-order valence-corrected chi connectivity index (χ1v) is 5.30. The lowest BCUT2D eigenvalue weighted by Crippen LogP contribution is -2.07. The first-order chi connectivity index (χ1) is 7.72. The minimum Gasteiger partial charge on any atom is -0.472 e. The lowest BCUT2D eigenvalue weighted by Gasteiger charge is -2.07. The molecule has 0 saturated carbocycles. The molecule has 0 fully saturated rings. The Bertz CT molecular complexity index is 459. The fraction of sp³-hybridized carbons (Fsp3) is 0.364. The van der Waals surface area contributed by atoms with E-state index in [1.807, 2.05) is 24.6 Å². The van der Waals surface area contributed by atoms with Crippen LogP contribution in [0, 0.1) is 6.92 Å². The quantitative estimate of drug-likeness (QED) is 0.826. The van der Waals surface area contributed by atoms with Gasteiger partial charge in [-0.25, -0.2) is 4.68 Å². The molecule has 3 N–H and O–H groups in total. The molecule has 5 nitrogen and oxygen atoms in total. The Morgan fingerprint density at radius 2 is 2.38 bits per heavy atom. The zero-order valence-electron chi connectivity index (χ0n) is 9.53. The van der Waals surface area contributed by atoms with Crippen molar-refractivity contribution in [2.75, 3.05) is 11.1 Å². The van der Waals surface area contributed by atoms with Crippen LogP contribution in [-0.2, 0) is 13.1 Å². The molecule has 2 heterocycles. The minimum absolute atomic E-state index is 0.686. The Morgan fingerprint density at radius 1 is 1.56 bits per heavy atom. The highest BCUT2D eigenvalue weighted by Gasteiger charge is 2.10. The third kappa shape index (κ3) is 1.88. The van der Waals surface area contributed by atoms with Gasteiger partial charge in [-0.2, -0.15) is 5.10 Å². The predicted octanol–water partition coefficient (Wildman–Crippen LogP) is 2.00. The molecule has 0 atom stereocenters. The van der Waals surface area contributed by atoms with Gasteiger partial charge in [-0.15, -0.1) is 0 Å². The number of nitrogens with zero attached hydrogens (tertiary/aromatic N) is 2. The molecule has 0 aromatic carbocycles. The maximum absolute atomic E-state index is 5.95. The molecule has 0 spiro atoms. The average molecular weight is 220 g/mol. The Balaban J connectivity index is 2.14. The second kappa shape index (κ2) is 4.30. The zero-order chi connectivity index (χ0) is 11.5. The monoisotopic (exact) mass is 220 g/mol. The van der Waals surface area contributed by atoms with Crippen LogP contribution < -0.4 is 11.1 Å². The standard InChI is InChI=1S/C11H16N4O/c1-3-15-11(10(12)8(2)14-15)13-6-9-4-5-16-7-9/h4-5,7,13H,3,6,12H2,1-2H3. The third-order valence-corrected chi connectivity index (χ3v) is 2.51. The second-order valence-electron chi connectivity index (χ2n) is 3.65. The smallest absolute Gasteiger partial charge is 0.148 e. The lowest BCUT2D eigenvalue weighted by molar-refractivity contribution is 0.564. The van der Waals surface area contributed by atoms with E-state index in [4.69, 9.17) is 10.2 Å². The number of aryl methyl sites for hydroxylation is 2. The summed E-state index contributed by atoms with van der Waals surface area (Å²) < 4.78 is 6.87. The maximum atomic E-state index is 5.95. The summed E-state index contributed by atoms with van der Waals surface area (Å²) >= 11 is 0. The summed E-state index contributed by atoms with van der Waals surface area (Å²) in [6.07, 6.45) is 3.37. The van der Waals surface area contributed by atoms with Gasteiger partial charge < -0.3 is 15.5 Å². The van der Waals surface area contributed by atoms with Gasteiger partial charge in [0.1, 0.15) is 5.82 Å². The van der Waals surface area contributed by atoms with E-state index < -0.39 is 0 Å². The van der Waals surface area contributed by atoms with Crippen molar-refractivity contribution in [3.63, 3.8) is 0 Å². The molecule has 16 heavy (non-hydrogen) atoms. The minimum atomic E-state index is 0.686. The van der Waals surface area contributed by atoms with Crippen LogP contribution in [-0.4, -0.2) is 9.78 Å². The summed E-state index contributed by atoms with van der Waals surface area (Å²) in [6, 6.07) is 1.92. The summed E-state index contributed by atoms with van der Waals surface area (Å²) in [4.78, 5) is 0. The van der Waals surface area contributed by atoms with Crippen LogP contribution in [0.1, 0.15) is 18.2 Å². The number of hydrogen-bond donors (Lipinski definition) is 2. The van der Waals surface area contributed by atoms with Gasteiger partial charge in [-0.3, -0.25) is 0 Å². The summed E-state index contributed by atoms with van der Waals surface area (Å²) in [5.41, 5.74) is 8.60. The molecule has 0 unspecified atom stereocenters. The van der Waals surface area contributed by atoms with Gasteiger partial charge in [0.05, 0.1) is 23.9 Å². The number of aromatic nitrogens is 2. The highest BCUT2D eigenvalue weighted by Crippen LogP contribution is 2.22. The van der Waals surface area contributed by atoms with E-state index in [1.54, 1.807) is 12.5 Å². The first-order valence-electron chi connectivity index (χ1n) is 5.30. The second-order valence-corrected chi connectivity index (χ2v) is 3.65. The molecule has 2 rings (SSSR count). The summed E-state index contributed by atoms with van der Waals surface area (Å²) in [7, 11) is 0. The summed E-state index contributed by atoms with van der Waals surface area (Å²) in [5.74, 6) is 0.876. The molecule has 0 saturated heterocycles. The van der Waals surface area contributed by atoms with Crippen molar-refractivity contribution in [1.82, 2.24) is 9.78 Å². The van der Waals surface area contributed by atoms with E-state index >= 15 is 0 Å². The van der Waals surface area contributed by atoms with Crippen molar-refractivity contribution in [3.8, 4) is 0 Å². The van der Waals surface area contributed by atoms with Crippen LogP contribution in [0.25, 0.3) is 0 Å². The van der Waals surface area contributed by atoms with E-state index in [0.29, 0.717) is 12.2 Å². The van der Waals surface area contributed by atoms with Gasteiger partial charge in [0, 0.05) is 18.7 Å². The van der Waals surface area contributed by atoms with Gasteiger partial charge in [-0.1, -0.05) is 0 Å². The number of anilines is 2. The van der Waals surface area contributed by atoms with Crippen LogP contribution in [0.3, 0.4) is 0 Å². The van der Waals surface area contributed by atoms with Gasteiger partial charge in [0.15, 0.2) is 0 Å². The van der Waals surface area contributed by atoms with Gasteiger partial charge in [0.2, 0.25) is 0 Å². The van der Waals surface area contributed by atoms with E-state index in [1.165, 1.54) is 0 Å². The number of nitrogen functional groups attached to an aromatic ring is 1. The molecule has 0 amide bonds. The Morgan fingerprint density at radius 3 is 3.00 bits per heavy atom. The summed E-state index contributed by atoms with van der Waals surface area (Å²) in [6.45, 7) is 5.43. The molecule has 2 aromatic rings. The Labute approximate surface area is 94.2 Å². The largest absolute Gasteiger partial charge is 0.472 e. The normalized spacial score (nSPS) is 10.6. The molecule has 86 valence electrons. The van der Waals surface area contributed by atoms with Crippen molar-refractivity contribution < 1.29 is 4.42 Å². The van der Waals surface area contributed by atoms with Crippen molar-refractivity contribution >= 4 is 11.5 Å². The fourth-order valence-corrected chi connectivity index (χ4v) is 1.59. The van der Waals surface area contributed by atoms with Crippen molar-refractivity contribution in [1.29, 1.82) is 0 Å². The van der Waals surface area contributed by atoms with E-state index in [9.17, 15) is 0 Å². The topological polar surface area (TPSA) is 69.0 Å². The van der Waals surface area contributed by atoms with Crippen molar-refractivity contribution in [3.05, 3.63) is 29.9 Å². The van der Waals surface area contributed by atoms with Crippen LogP contribution in [0.2, 0.25) is 0 Å².